The van der Waals surface area contributed by atoms with Gasteiger partial charge in [-0.25, -0.2) is 13.4 Å². The number of sulfone groups is 1. The lowest BCUT2D eigenvalue weighted by Gasteiger charge is -2.31. The summed E-state index contributed by atoms with van der Waals surface area (Å²) in [6, 6.07) is 16.6. The SMILES string of the molecule is COc1cc(NC(=O)c2ccccc2Cl)ccc1C(=O)N1c2ccc(Cl)cc2CCCC1OCCS(=O)(=O)c1ncc[nH]1. The molecule has 0 aliphatic carbocycles. The Morgan fingerprint density at radius 2 is 1.91 bits per heavy atom. The van der Waals surface area contributed by atoms with E-state index < -0.39 is 27.9 Å². The molecule has 5 rings (SSSR count). The van der Waals surface area contributed by atoms with Crippen molar-refractivity contribution in [3.05, 3.63) is 99.8 Å². The standard InChI is InChI=1S/C30H28Cl2N4O6S/c1-41-26-18-21(35-28(37)22-6-2-3-7-24(22)32)10-11-23(26)29(38)36-25-12-9-20(31)17-19(25)5-4-8-27(36)42-15-16-43(39,40)30-33-13-14-34-30/h2-3,6-7,9-14,17-18,27H,4-5,8,15-16H2,1H3,(H,33,34)(H,35,37). The second-order valence-electron chi connectivity index (χ2n) is 9.73. The number of anilines is 2. The van der Waals surface area contributed by atoms with Crippen LogP contribution in [0, 0.1) is 0 Å². The summed E-state index contributed by atoms with van der Waals surface area (Å²) in [5.74, 6) is -0.940. The lowest BCUT2D eigenvalue weighted by molar-refractivity contribution is 0.0492. The van der Waals surface area contributed by atoms with Crippen LogP contribution in [0.1, 0.15) is 39.1 Å². The molecule has 0 radical (unpaired) electrons. The minimum Gasteiger partial charge on any atom is -0.496 e. The van der Waals surface area contributed by atoms with Crippen molar-refractivity contribution in [1.82, 2.24) is 9.97 Å². The number of ether oxygens (including phenoxy) is 2. The van der Waals surface area contributed by atoms with Crippen molar-refractivity contribution < 1.29 is 27.5 Å². The van der Waals surface area contributed by atoms with E-state index in [-0.39, 0.29) is 28.8 Å². The predicted octanol–water partition coefficient (Wildman–Crippen LogP) is 5.78. The number of carbonyl (C=O) groups excluding carboxylic acids is 2. The van der Waals surface area contributed by atoms with Crippen LogP contribution < -0.4 is 15.0 Å². The number of nitrogens with one attached hydrogen (secondary N) is 2. The number of nitrogens with zero attached hydrogens (tertiary/aromatic N) is 2. The van der Waals surface area contributed by atoms with Crippen LogP contribution >= 0.6 is 23.2 Å². The smallest absolute Gasteiger partial charge is 0.264 e. The lowest BCUT2D eigenvalue weighted by Crippen LogP contribution is -2.43. The first-order chi connectivity index (χ1) is 20.7. The molecule has 0 saturated carbocycles. The highest BCUT2D eigenvalue weighted by molar-refractivity contribution is 7.91. The molecule has 1 aromatic heterocycles. The highest BCUT2D eigenvalue weighted by Gasteiger charge is 2.33. The lowest BCUT2D eigenvalue weighted by atomic mass is 10.1. The summed E-state index contributed by atoms with van der Waals surface area (Å²) >= 11 is 12.4. The molecule has 2 heterocycles. The van der Waals surface area contributed by atoms with Crippen molar-refractivity contribution in [2.45, 2.75) is 30.6 Å². The summed E-state index contributed by atoms with van der Waals surface area (Å²) in [7, 11) is -2.28. The van der Waals surface area contributed by atoms with Gasteiger partial charge in [-0.2, -0.15) is 0 Å². The van der Waals surface area contributed by atoms with Gasteiger partial charge in [-0.1, -0.05) is 35.3 Å². The van der Waals surface area contributed by atoms with E-state index in [1.807, 2.05) is 6.07 Å². The van der Waals surface area contributed by atoms with Crippen LogP contribution in [0.15, 0.2) is 78.2 Å². The number of amides is 2. The Hall–Kier alpha value is -3.90. The first kappa shape index (κ1) is 30.6. The fourth-order valence-electron chi connectivity index (χ4n) is 4.87. The minimum atomic E-state index is -3.71. The van der Waals surface area contributed by atoms with Crippen LogP contribution in [-0.2, 0) is 21.0 Å². The number of H-pyrrole nitrogens is 1. The zero-order valence-corrected chi connectivity index (χ0v) is 25.4. The largest absolute Gasteiger partial charge is 0.496 e. The Kier molecular flexibility index (Phi) is 9.36. The Balaban J connectivity index is 1.43. The van der Waals surface area contributed by atoms with Gasteiger partial charge in [-0.05, 0) is 67.3 Å². The molecule has 1 unspecified atom stereocenters. The van der Waals surface area contributed by atoms with E-state index >= 15 is 0 Å². The first-order valence-electron chi connectivity index (χ1n) is 13.4. The molecule has 2 amide bonds. The molecule has 1 atom stereocenters. The van der Waals surface area contributed by atoms with Crippen LogP contribution in [0.5, 0.6) is 5.75 Å². The molecule has 10 nitrogen and oxygen atoms in total. The average Bonchev–Trinajstić information content (AvgIpc) is 3.48. The summed E-state index contributed by atoms with van der Waals surface area (Å²) in [6.07, 6.45) is 3.80. The number of rotatable bonds is 9. The molecule has 0 spiro atoms. The molecule has 224 valence electrons. The first-order valence-corrected chi connectivity index (χ1v) is 15.8. The molecule has 2 N–H and O–H groups in total. The number of methoxy groups -OCH3 is 1. The molecular weight excluding hydrogens is 615 g/mol. The number of aryl methyl sites for hydroxylation is 1. The highest BCUT2D eigenvalue weighted by Crippen LogP contribution is 2.35. The number of benzene rings is 3. The molecule has 0 saturated heterocycles. The van der Waals surface area contributed by atoms with Crippen LogP contribution in [0.4, 0.5) is 11.4 Å². The minimum absolute atomic E-state index is 0.142. The molecule has 0 fully saturated rings. The van der Waals surface area contributed by atoms with E-state index in [1.54, 1.807) is 54.6 Å². The summed E-state index contributed by atoms with van der Waals surface area (Å²) in [5.41, 5.74) is 2.38. The van der Waals surface area contributed by atoms with E-state index in [9.17, 15) is 18.0 Å². The third-order valence-corrected chi connectivity index (χ3v) is 9.02. The maximum absolute atomic E-state index is 14.2. The second kappa shape index (κ2) is 13.2. The van der Waals surface area contributed by atoms with Crippen molar-refractivity contribution >= 4 is 56.2 Å². The predicted molar refractivity (Wildman–Crippen MR) is 164 cm³/mol. The van der Waals surface area contributed by atoms with Crippen molar-refractivity contribution in [3.8, 4) is 5.75 Å². The van der Waals surface area contributed by atoms with Gasteiger partial charge in [0, 0.05) is 34.9 Å². The van der Waals surface area contributed by atoms with E-state index in [0.717, 1.165) is 5.56 Å². The maximum atomic E-state index is 14.2. The van der Waals surface area contributed by atoms with Crippen LogP contribution in [0.3, 0.4) is 0 Å². The van der Waals surface area contributed by atoms with Crippen LogP contribution in [-0.4, -0.2) is 55.9 Å². The Morgan fingerprint density at radius 1 is 1.09 bits per heavy atom. The number of halogens is 2. The van der Waals surface area contributed by atoms with Crippen molar-refractivity contribution in [2.75, 3.05) is 29.7 Å². The zero-order valence-electron chi connectivity index (χ0n) is 23.0. The number of hydrogen-bond acceptors (Lipinski definition) is 7. The molecule has 3 aromatic carbocycles. The summed E-state index contributed by atoms with van der Waals surface area (Å²) in [6.45, 7) is -0.162. The summed E-state index contributed by atoms with van der Waals surface area (Å²) < 4.78 is 37.0. The topological polar surface area (TPSA) is 131 Å². The quantitative estimate of drug-likeness (QED) is 0.237. The van der Waals surface area contributed by atoms with Crippen molar-refractivity contribution in [2.24, 2.45) is 0 Å². The fourth-order valence-corrected chi connectivity index (χ4v) is 6.26. The highest BCUT2D eigenvalue weighted by atomic mass is 35.5. The van der Waals surface area contributed by atoms with E-state index in [1.165, 1.54) is 24.4 Å². The van der Waals surface area contributed by atoms with Crippen molar-refractivity contribution in [1.29, 1.82) is 0 Å². The molecule has 4 aromatic rings. The molecule has 1 aliphatic rings. The van der Waals surface area contributed by atoms with Gasteiger partial charge in [-0.15, -0.1) is 0 Å². The Morgan fingerprint density at radius 3 is 2.65 bits per heavy atom. The molecule has 1 aliphatic heterocycles. The summed E-state index contributed by atoms with van der Waals surface area (Å²) in [5, 5.41) is 3.48. The number of fused-ring (bicyclic) bond motifs is 1. The van der Waals surface area contributed by atoms with Gasteiger partial charge in [0.1, 0.15) is 12.0 Å². The van der Waals surface area contributed by atoms with E-state index in [0.29, 0.717) is 46.2 Å². The van der Waals surface area contributed by atoms with Crippen LogP contribution in [0.25, 0.3) is 0 Å². The van der Waals surface area contributed by atoms with Gasteiger partial charge >= 0.3 is 0 Å². The Labute approximate surface area is 258 Å². The third-order valence-electron chi connectivity index (χ3n) is 6.94. The van der Waals surface area contributed by atoms with Gasteiger partial charge in [0.25, 0.3) is 11.8 Å². The average molecular weight is 644 g/mol. The second-order valence-corrected chi connectivity index (χ2v) is 12.6. The van der Waals surface area contributed by atoms with Gasteiger partial charge < -0.3 is 19.8 Å². The molecule has 13 heteroatoms. The summed E-state index contributed by atoms with van der Waals surface area (Å²) in [4.78, 5) is 35.0. The number of imidazole rings is 1. The molecule has 43 heavy (non-hydrogen) atoms. The Bertz CT molecular complexity index is 1750. The van der Waals surface area contributed by atoms with Crippen LogP contribution in [0.2, 0.25) is 10.0 Å². The monoisotopic (exact) mass is 642 g/mol. The number of aromatic nitrogens is 2. The van der Waals surface area contributed by atoms with E-state index in [2.05, 4.69) is 15.3 Å². The van der Waals surface area contributed by atoms with Crippen molar-refractivity contribution in [3.63, 3.8) is 0 Å². The number of carbonyl (C=O) groups is 2. The molecule has 0 bridgehead atoms. The third kappa shape index (κ3) is 6.86. The van der Waals surface area contributed by atoms with Gasteiger partial charge in [-0.3, -0.25) is 14.5 Å². The number of hydrogen-bond donors (Lipinski definition) is 2. The zero-order chi connectivity index (χ0) is 30.6. The maximum Gasteiger partial charge on any atom is 0.264 e. The van der Waals surface area contributed by atoms with Gasteiger partial charge in [0.2, 0.25) is 15.0 Å². The van der Waals surface area contributed by atoms with Gasteiger partial charge in [0.15, 0.2) is 0 Å². The van der Waals surface area contributed by atoms with Gasteiger partial charge in [0.05, 0.1) is 35.6 Å². The number of aromatic amines is 1. The fraction of sp³-hybridized carbons (Fsp3) is 0.233. The molecular formula is C30H28Cl2N4O6S. The normalized spacial score (nSPS) is 15.0. The van der Waals surface area contributed by atoms with E-state index in [4.69, 9.17) is 32.7 Å².